The quantitative estimate of drug-likeness (QED) is 0.797. The van der Waals surface area contributed by atoms with Crippen LogP contribution >= 0.6 is 0 Å². The predicted octanol–water partition coefficient (Wildman–Crippen LogP) is 1.03. The second kappa shape index (κ2) is 5.50. The minimum Gasteiger partial charge on any atom is -0.368 e. The maximum absolute atomic E-state index is 10.8. The van der Waals surface area contributed by atoms with Crippen LogP contribution in [0.5, 0.6) is 0 Å². The first-order chi connectivity index (χ1) is 8.97. The maximum Gasteiger partial charge on any atom is 0.209 e. The average Bonchev–Trinajstić information content (AvgIpc) is 2.36. The summed E-state index contributed by atoms with van der Waals surface area (Å²) < 4.78 is 21.6. The Balaban J connectivity index is 2.11. The zero-order chi connectivity index (χ0) is 13.9. The number of benzene rings is 1. The molecule has 102 valence electrons. The molecular weight excluding hydrogens is 264 g/mol. The Bertz CT molecular complexity index is 685. The summed E-state index contributed by atoms with van der Waals surface area (Å²) in [5.74, 6) is 0.618. The highest BCUT2D eigenvalue weighted by Gasteiger charge is 2.06. The Morgan fingerprint density at radius 3 is 2.58 bits per heavy atom. The number of anilines is 1. The molecule has 0 atom stereocenters. The molecular formula is C12H16N4O2S. The Morgan fingerprint density at radius 2 is 1.89 bits per heavy atom. The molecule has 0 aliphatic rings. The lowest BCUT2D eigenvalue weighted by Gasteiger charge is -2.08. The number of hydrogen-bond donors (Lipinski definition) is 2. The van der Waals surface area contributed by atoms with Crippen LogP contribution in [0.3, 0.4) is 0 Å². The van der Waals surface area contributed by atoms with Crippen LogP contribution in [-0.2, 0) is 10.0 Å². The number of nitrogens with zero attached hydrogens (tertiary/aromatic N) is 2. The van der Waals surface area contributed by atoms with Crippen molar-refractivity contribution in [2.75, 3.05) is 17.6 Å². The number of aryl methyl sites for hydroxylation is 1. The molecule has 1 heterocycles. The number of hydrogen-bond acceptors (Lipinski definition) is 5. The Morgan fingerprint density at radius 1 is 1.21 bits per heavy atom. The first-order valence-electron chi connectivity index (χ1n) is 5.94. The molecule has 7 heteroatoms. The van der Waals surface area contributed by atoms with Crippen LogP contribution in [0.25, 0.3) is 10.8 Å². The maximum atomic E-state index is 10.8. The van der Waals surface area contributed by atoms with Crippen molar-refractivity contribution in [1.29, 1.82) is 0 Å². The third kappa shape index (κ3) is 3.62. The predicted molar refractivity (Wildman–Crippen MR) is 75.4 cm³/mol. The van der Waals surface area contributed by atoms with Crippen molar-refractivity contribution in [2.45, 2.75) is 13.3 Å². The van der Waals surface area contributed by atoms with E-state index in [2.05, 4.69) is 15.5 Å². The first kappa shape index (κ1) is 13.7. The van der Waals surface area contributed by atoms with E-state index in [1.807, 2.05) is 31.2 Å². The fourth-order valence-corrected chi connectivity index (χ4v) is 2.40. The van der Waals surface area contributed by atoms with Gasteiger partial charge < -0.3 is 5.32 Å². The van der Waals surface area contributed by atoms with Crippen molar-refractivity contribution in [1.82, 2.24) is 10.2 Å². The number of nitrogens with one attached hydrogen (secondary N) is 1. The third-order valence-electron chi connectivity index (χ3n) is 2.77. The second-order valence-corrected chi connectivity index (χ2v) is 6.06. The zero-order valence-electron chi connectivity index (χ0n) is 10.6. The highest BCUT2D eigenvalue weighted by Crippen LogP contribution is 2.21. The van der Waals surface area contributed by atoms with Crippen LogP contribution in [0, 0.1) is 6.92 Å². The first-order valence-corrected chi connectivity index (χ1v) is 7.65. The van der Waals surface area contributed by atoms with E-state index in [4.69, 9.17) is 5.14 Å². The minimum absolute atomic E-state index is 0.0444. The van der Waals surface area contributed by atoms with Crippen molar-refractivity contribution in [3.8, 4) is 0 Å². The highest BCUT2D eigenvalue weighted by molar-refractivity contribution is 7.89. The molecule has 3 N–H and O–H groups in total. The van der Waals surface area contributed by atoms with Crippen molar-refractivity contribution < 1.29 is 8.42 Å². The average molecular weight is 280 g/mol. The molecule has 0 spiro atoms. The topological polar surface area (TPSA) is 98.0 Å². The third-order valence-corrected chi connectivity index (χ3v) is 3.63. The van der Waals surface area contributed by atoms with E-state index in [0.717, 1.165) is 16.5 Å². The van der Waals surface area contributed by atoms with Crippen molar-refractivity contribution in [2.24, 2.45) is 5.14 Å². The van der Waals surface area contributed by atoms with E-state index in [9.17, 15) is 8.42 Å². The van der Waals surface area contributed by atoms with Gasteiger partial charge in [-0.1, -0.05) is 24.3 Å². The van der Waals surface area contributed by atoms with Gasteiger partial charge in [-0.05, 0) is 13.3 Å². The normalized spacial score (nSPS) is 11.7. The SMILES string of the molecule is Cc1nnc(NCCCS(N)(=O)=O)c2ccccc12. The van der Waals surface area contributed by atoms with Gasteiger partial charge in [0.05, 0.1) is 11.4 Å². The van der Waals surface area contributed by atoms with Gasteiger partial charge in [0.15, 0.2) is 5.82 Å². The summed E-state index contributed by atoms with van der Waals surface area (Å²) in [5, 5.41) is 18.2. The summed E-state index contributed by atoms with van der Waals surface area (Å²) >= 11 is 0. The van der Waals surface area contributed by atoms with E-state index >= 15 is 0 Å². The van der Waals surface area contributed by atoms with Crippen LogP contribution in [0.2, 0.25) is 0 Å². The summed E-state index contributed by atoms with van der Waals surface area (Å²) in [6.07, 6.45) is 0.433. The second-order valence-electron chi connectivity index (χ2n) is 4.33. The number of fused-ring (bicyclic) bond motifs is 1. The molecule has 6 nitrogen and oxygen atoms in total. The van der Waals surface area contributed by atoms with Crippen LogP contribution in [0.4, 0.5) is 5.82 Å². The van der Waals surface area contributed by atoms with Gasteiger partial charge in [0, 0.05) is 17.3 Å². The highest BCUT2D eigenvalue weighted by atomic mass is 32.2. The Hall–Kier alpha value is -1.73. The van der Waals surface area contributed by atoms with Crippen molar-refractivity contribution in [3.63, 3.8) is 0 Å². The molecule has 0 bridgehead atoms. The standard InChI is InChI=1S/C12H16N4O2S/c1-9-10-5-2-3-6-11(10)12(16-15-9)14-7-4-8-19(13,17)18/h2-3,5-6H,4,7-8H2,1H3,(H,14,16)(H2,13,17,18). The molecule has 0 saturated carbocycles. The van der Waals surface area contributed by atoms with Gasteiger partial charge in [-0.25, -0.2) is 13.6 Å². The molecule has 0 aliphatic heterocycles. The molecule has 2 aromatic rings. The van der Waals surface area contributed by atoms with Gasteiger partial charge in [-0.15, -0.1) is 5.10 Å². The molecule has 1 aromatic carbocycles. The number of sulfonamides is 1. The molecule has 2 rings (SSSR count). The summed E-state index contributed by atoms with van der Waals surface area (Å²) in [7, 11) is -3.40. The Labute approximate surface area is 112 Å². The summed E-state index contributed by atoms with van der Waals surface area (Å²) in [5.41, 5.74) is 0.866. The lowest BCUT2D eigenvalue weighted by Crippen LogP contribution is -2.19. The molecule has 0 saturated heterocycles. The van der Waals surface area contributed by atoms with Gasteiger partial charge in [0.25, 0.3) is 0 Å². The monoisotopic (exact) mass is 280 g/mol. The smallest absolute Gasteiger partial charge is 0.209 e. The molecule has 0 unspecified atom stereocenters. The molecule has 0 radical (unpaired) electrons. The van der Waals surface area contributed by atoms with E-state index in [-0.39, 0.29) is 5.75 Å². The van der Waals surface area contributed by atoms with Crippen LogP contribution < -0.4 is 10.5 Å². The molecule has 0 amide bonds. The van der Waals surface area contributed by atoms with Crippen LogP contribution in [-0.4, -0.2) is 30.9 Å². The van der Waals surface area contributed by atoms with Gasteiger partial charge in [-0.2, -0.15) is 5.10 Å². The van der Waals surface area contributed by atoms with Crippen LogP contribution in [0.1, 0.15) is 12.1 Å². The molecule has 0 fully saturated rings. The van der Waals surface area contributed by atoms with Crippen LogP contribution in [0.15, 0.2) is 24.3 Å². The van der Waals surface area contributed by atoms with E-state index in [0.29, 0.717) is 18.8 Å². The molecule has 0 aliphatic carbocycles. The van der Waals surface area contributed by atoms with Gasteiger partial charge in [0.1, 0.15) is 0 Å². The summed E-state index contributed by atoms with van der Waals surface area (Å²) in [6.45, 7) is 2.39. The van der Waals surface area contributed by atoms with E-state index in [1.54, 1.807) is 0 Å². The van der Waals surface area contributed by atoms with Gasteiger partial charge in [-0.3, -0.25) is 0 Å². The fraction of sp³-hybridized carbons (Fsp3) is 0.333. The van der Waals surface area contributed by atoms with Crippen molar-refractivity contribution >= 4 is 26.6 Å². The largest absolute Gasteiger partial charge is 0.368 e. The number of aromatic nitrogens is 2. The number of nitrogens with two attached hydrogens (primary N) is 1. The summed E-state index contributed by atoms with van der Waals surface area (Å²) in [4.78, 5) is 0. The number of rotatable bonds is 5. The van der Waals surface area contributed by atoms with E-state index < -0.39 is 10.0 Å². The van der Waals surface area contributed by atoms with E-state index in [1.165, 1.54) is 0 Å². The van der Waals surface area contributed by atoms with Crippen molar-refractivity contribution in [3.05, 3.63) is 30.0 Å². The zero-order valence-corrected chi connectivity index (χ0v) is 11.4. The minimum atomic E-state index is -3.40. The van der Waals surface area contributed by atoms with Gasteiger partial charge >= 0.3 is 0 Å². The summed E-state index contributed by atoms with van der Waals surface area (Å²) in [6, 6.07) is 7.81. The Kier molecular flexibility index (Phi) is 3.96. The lowest BCUT2D eigenvalue weighted by atomic mass is 10.1. The fourth-order valence-electron chi connectivity index (χ4n) is 1.85. The van der Waals surface area contributed by atoms with Gasteiger partial charge in [0.2, 0.25) is 10.0 Å². The molecule has 19 heavy (non-hydrogen) atoms. The number of primary sulfonamides is 1. The molecule has 1 aromatic heterocycles. The lowest BCUT2D eigenvalue weighted by molar-refractivity contribution is 0.595.